The molecule has 0 saturated carbocycles. The second kappa shape index (κ2) is 5.16. The fraction of sp³-hybridized carbons (Fsp3) is 0.385. The molecular formula is C13H14FNO3. The van der Waals surface area contributed by atoms with Gasteiger partial charge in [0.25, 0.3) is 5.91 Å². The fourth-order valence-electron chi connectivity index (χ4n) is 2.15. The molecule has 0 aromatic heterocycles. The monoisotopic (exact) mass is 251 g/mol. The number of carbonyl (C=O) groups is 2. The molecule has 0 N–H and O–H groups in total. The number of rotatable bonds is 2. The fourth-order valence-corrected chi connectivity index (χ4v) is 2.15. The summed E-state index contributed by atoms with van der Waals surface area (Å²) in [7, 11) is 1.31. The van der Waals surface area contributed by atoms with Crippen molar-refractivity contribution in [3.63, 3.8) is 0 Å². The summed E-state index contributed by atoms with van der Waals surface area (Å²) in [4.78, 5) is 25.2. The van der Waals surface area contributed by atoms with Gasteiger partial charge in [-0.05, 0) is 37.1 Å². The Kier molecular flexibility index (Phi) is 3.60. The van der Waals surface area contributed by atoms with Gasteiger partial charge in [0.1, 0.15) is 11.9 Å². The molecule has 1 atom stereocenters. The number of methoxy groups -OCH3 is 1. The molecule has 1 aliphatic rings. The highest BCUT2D eigenvalue weighted by Crippen LogP contribution is 2.21. The maximum Gasteiger partial charge on any atom is 0.328 e. The number of hydrogen-bond acceptors (Lipinski definition) is 3. The quantitative estimate of drug-likeness (QED) is 0.750. The number of halogens is 1. The number of nitrogens with zero attached hydrogens (tertiary/aromatic N) is 1. The molecule has 0 spiro atoms. The summed E-state index contributed by atoms with van der Waals surface area (Å²) in [5.41, 5.74) is 0.382. The number of ether oxygens (including phenoxy) is 1. The molecule has 0 radical (unpaired) electrons. The number of carbonyl (C=O) groups excluding carboxylic acids is 2. The summed E-state index contributed by atoms with van der Waals surface area (Å²) >= 11 is 0. The lowest BCUT2D eigenvalue weighted by molar-refractivity contribution is -0.145. The molecule has 1 amide bonds. The van der Waals surface area contributed by atoms with E-state index in [9.17, 15) is 14.0 Å². The van der Waals surface area contributed by atoms with Gasteiger partial charge in [-0.2, -0.15) is 0 Å². The normalized spacial score (nSPS) is 18.8. The maximum atomic E-state index is 12.8. The molecule has 1 aromatic rings. The van der Waals surface area contributed by atoms with Crippen LogP contribution in [0.5, 0.6) is 0 Å². The molecule has 2 rings (SSSR count). The van der Waals surface area contributed by atoms with Crippen molar-refractivity contribution in [2.75, 3.05) is 13.7 Å². The molecule has 1 aliphatic heterocycles. The van der Waals surface area contributed by atoms with E-state index in [1.54, 1.807) is 0 Å². The number of benzene rings is 1. The molecule has 96 valence electrons. The topological polar surface area (TPSA) is 46.6 Å². The van der Waals surface area contributed by atoms with Crippen LogP contribution in [0.2, 0.25) is 0 Å². The van der Waals surface area contributed by atoms with Crippen molar-refractivity contribution < 1.29 is 18.7 Å². The summed E-state index contributed by atoms with van der Waals surface area (Å²) in [6.45, 7) is 0.524. The maximum absolute atomic E-state index is 12.8. The second-order valence-electron chi connectivity index (χ2n) is 4.19. The Labute approximate surface area is 104 Å². The van der Waals surface area contributed by atoms with Gasteiger partial charge < -0.3 is 9.64 Å². The van der Waals surface area contributed by atoms with Crippen molar-refractivity contribution in [3.05, 3.63) is 35.6 Å². The highest BCUT2D eigenvalue weighted by molar-refractivity contribution is 5.97. The Hall–Kier alpha value is -1.91. The molecule has 1 heterocycles. The van der Waals surface area contributed by atoms with Crippen LogP contribution in [0.15, 0.2) is 24.3 Å². The molecule has 1 saturated heterocycles. The second-order valence-corrected chi connectivity index (χ2v) is 4.19. The van der Waals surface area contributed by atoms with Gasteiger partial charge in [-0.1, -0.05) is 0 Å². The zero-order valence-corrected chi connectivity index (χ0v) is 10.1. The Morgan fingerprint density at radius 1 is 1.33 bits per heavy atom. The first-order valence-corrected chi connectivity index (χ1v) is 5.78. The van der Waals surface area contributed by atoms with Crippen LogP contribution in [0.1, 0.15) is 23.2 Å². The number of hydrogen-bond donors (Lipinski definition) is 0. The minimum absolute atomic E-state index is 0.261. The van der Waals surface area contributed by atoms with Crippen molar-refractivity contribution in [2.45, 2.75) is 18.9 Å². The third-order valence-electron chi connectivity index (χ3n) is 3.08. The van der Waals surface area contributed by atoms with Crippen LogP contribution < -0.4 is 0 Å². The van der Waals surface area contributed by atoms with E-state index in [0.717, 1.165) is 6.42 Å². The molecule has 0 unspecified atom stereocenters. The third kappa shape index (κ3) is 2.34. The molecule has 0 bridgehead atoms. The Bertz CT molecular complexity index is 458. The van der Waals surface area contributed by atoms with Crippen LogP contribution in [0, 0.1) is 5.82 Å². The van der Waals surface area contributed by atoms with Gasteiger partial charge in [-0.3, -0.25) is 4.79 Å². The van der Waals surface area contributed by atoms with E-state index in [0.29, 0.717) is 18.5 Å². The molecular weight excluding hydrogens is 237 g/mol. The van der Waals surface area contributed by atoms with Crippen molar-refractivity contribution in [3.8, 4) is 0 Å². The van der Waals surface area contributed by atoms with Crippen LogP contribution in [-0.4, -0.2) is 36.5 Å². The van der Waals surface area contributed by atoms with E-state index < -0.39 is 17.8 Å². The van der Waals surface area contributed by atoms with E-state index >= 15 is 0 Å². The van der Waals surface area contributed by atoms with Gasteiger partial charge in [0.15, 0.2) is 0 Å². The van der Waals surface area contributed by atoms with Crippen LogP contribution in [0.3, 0.4) is 0 Å². The SMILES string of the molecule is COC(=O)[C@H]1CCCN1C(=O)c1ccc(F)cc1. The third-order valence-corrected chi connectivity index (χ3v) is 3.08. The number of likely N-dealkylation sites (tertiary alicyclic amines) is 1. The van der Waals surface area contributed by atoms with Crippen molar-refractivity contribution >= 4 is 11.9 Å². The summed E-state index contributed by atoms with van der Waals surface area (Å²) in [6, 6.07) is 4.79. The average molecular weight is 251 g/mol. The summed E-state index contributed by atoms with van der Waals surface area (Å²) in [6.07, 6.45) is 1.38. The van der Waals surface area contributed by atoms with E-state index in [4.69, 9.17) is 0 Å². The van der Waals surface area contributed by atoms with Crippen molar-refractivity contribution in [1.29, 1.82) is 0 Å². The average Bonchev–Trinajstić information content (AvgIpc) is 2.87. The van der Waals surface area contributed by atoms with Gasteiger partial charge in [0.2, 0.25) is 0 Å². The van der Waals surface area contributed by atoms with Crippen molar-refractivity contribution in [2.24, 2.45) is 0 Å². The van der Waals surface area contributed by atoms with Crippen LogP contribution in [0.25, 0.3) is 0 Å². The molecule has 0 aliphatic carbocycles. The first-order chi connectivity index (χ1) is 8.63. The largest absolute Gasteiger partial charge is 0.467 e. The summed E-state index contributed by atoms with van der Waals surface area (Å²) in [5.74, 6) is -1.05. The standard InChI is InChI=1S/C13H14FNO3/c1-18-13(17)11-3-2-8-15(11)12(16)9-4-6-10(14)7-5-9/h4-7,11H,2-3,8H2,1H3/t11-/m1/s1. The van der Waals surface area contributed by atoms with E-state index in [-0.39, 0.29) is 5.91 Å². The summed E-state index contributed by atoms with van der Waals surface area (Å²) in [5, 5.41) is 0. The van der Waals surface area contributed by atoms with Gasteiger partial charge in [-0.25, -0.2) is 9.18 Å². The molecule has 1 aromatic carbocycles. The molecule has 4 nitrogen and oxygen atoms in total. The smallest absolute Gasteiger partial charge is 0.328 e. The number of esters is 1. The summed E-state index contributed by atoms with van der Waals surface area (Å²) < 4.78 is 17.5. The Morgan fingerprint density at radius 3 is 2.61 bits per heavy atom. The first-order valence-electron chi connectivity index (χ1n) is 5.78. The highest BCUT2D eigenvalue weighted by Gasteiger charge is 2.35. The predicted octanol–water partition coefficient (Wildman–Crippen LogP) is 1.60. The molecule has 5 heteroatoms. The lowest BCUT2D eigenvalue weighted by atomic mass is 10.1. The first kappa shape index (κ1) is 12.5. The van der Waals surface area contributed by atoms with E-state index in [2.05, 4.69) is 4.74 Å². The zero-order chi connectivity index (χ0) is 13.1. The molecule has 18 heavy (non-hydrogen) atoms. The number of amides is 1. The lowest BCUT2D eigenvalue weighted by Crippen LogP contribution is -2.41. The van der Waals surface area contributed by atoms with Gasteiger partial charge in [0.05, 0.1) is 7.11 Å². The van der Waals surface area contributed by atoms with E-state index in [1.807, 2.05) is 0 Å². The Morgan fingerprint density at radius 2 is 2.00 bits per heavy atom. The van der Waals surface area contributed by atoms with Crippen molar-refractivity contribution in [1.82, 2.24) is 4.90 Å². The predicted molar refractivity (Wildman–Crippen MR) is 62.5 cm³/mol. The zero-order valence-electron chi connectivity index (χ0n) is 10.1. The minimum Gasteiger partial charge on any atom is -0.467 e. The van der Waals surface area contributed by atoms with Gasteiger partial charge >= 0.3 is 5.97 Å². The van der Waals surface area contributed by atoms with E-state index in [1.165, 1.54) is 36.3 Å². The Balaban J connectivity index is 2.17. The van der Waals surface area contributed by atoms with Gasteiger partial charge in [-0.15, -0.1) is 0 Å². The molecule has 1 fully saturated rings. The lowest BCUT2D eigenvalue weighted by Gasteiger charge is -2.22. The van der Waals surface area contributed by atoms with Crippen LogP contribution in [-0.2, 0) is 9.53 Å². The highest BCUT2D eigenvalue weighted by atomic mass is 19.1. The van der Waals surface area contributed by atoms with Crippen LogP contribution >= 0.6 is 0 Å². The van der Waals surface area contributed by atoms with Crippen LogP contribution in [0.4, 0.5) is 4.39 Å². The van der Waals surface area contributed by atoms with Gasteiger partial charge in [0, 0.05) is 12.1 Å². The minimum atomic E-state index is -0.521.